The second kappa shape index (κ2) is 8.97. The largest absolute Gasteiger partial charge is 0.455 e. The van der Waals surface area contributed by atoms with Crippen molar-refractivity contribution in [1.82, 2.24) is 4.98 Å². The van der Waals surface area contributed by atoms with Crippen molar-refractivity contribution in [3.63, 3.8) is 0 Å². The van der Waals surface area contributed by atoms with Crippen LogP contribution in [0, 0.1) is 6.92 Å². The number of aryl methyl sites for hydroxylation is 1. The second-order valence-electron chi connectivity index (χ2n) is 7.81. The van der Waals surface area contributed by atoms with Crippen LogP contribution in [-0.2, 0) is 0 Å². The van der Waals surface area contributed by atoms with Gasteiger partial charge in [-0.1, -0.05) is 72.3 Å². The Hall–Kier alpha value is -4.44. The average Bonchev–Trinajstić information content (AvgIpc) is 2.85. The first-order valence-corrected chi connectivity index (χ1v) is 10.8. The third-order valence-corrected chi connectivity index (χ3v) is 5.38. The Bertz CT molecular complexity index is 1440. The Labute approximate surface area is 192 Å². The highest BCUT2D eigenvalue weighted by molar-refractivity contribution is 6.13. The van der Waals surface area contributed by atoms with Crippen molar-refractivity contribution in [3.8, 4) is 22.8 Å². The molecule has 160 valence electrons. The summed E-state index contributed by atoms with van der Waals surface area (Å²) in [5.74, 6) is 1.07. The van der Waals surface area contributed by atoms with Crippen LogP contribution in [0.5, 0.6) is 11.5 Å². The molecule has 0 bridgehead atoms. The number of nitrogens with one attached hydrogen (secondary N) is 1. The number of carbonyl (C=O) groups is 1. The maximum absolute atomic E-state index is 13.5. The molecular weight excluding hydrogens is 408 g/mol. The fourth-order valence-corrected chi connectivity index (χ4v) is 3.78. The Balaban J connectivity index is 1.53. The molecule has 4 aromatic carbocycles. The van der Waals surface area contributed by atoms with E-state index in [0.717, 1.165) is 27.7 Å². The highest BCUT2D eigenvalue weighted by Crippen LogP contribution is 2.31. The summed E-state index contributed by atoms with van der Waals surface area (Å²) in [6, 6.07) is 34.6. The molecule has 0 spiro atoms. The number of rotatable bonds is 5. The van der Waals surface area contributed by atoms with E-state index in [1.54, 1.807) is 0 Å². The zero-order chi connectivity index (χ0) is 22.6. The molecular formula is C29H22N2O2. The van der Waals surface area contributed by atoms with Crippen LogP contribution >= 0.6 is 0 Å². The van der Waals surface area contributed by atoms with Crippen LogP contribution in [0.2, 0.25) is 0 Å². The van der Waals surface area contributed by atoms with Gasteiger partial charge in [-0.05, 0) is 49.4 Å². The van der Waals surface area contributed by atoms with Crippen molar-refractivity contribution in [1.29, 1.82) is 0 Å². The summed E-state index contributed by atoms with van der Waals surface area (Å²) in [6.07, 6.45) is 0. The van der Waals surface area contributed by atoms with Crippen LogP contribution < -0.4 is 10.1 Å². The number of hydrogen-bond acceptors (Lipinski definition) is 3. The van der Waals surface area contributed by atoms with E-state index in [9.17, 15) is 4.79 Å². The van der Waals surface area contributed by atoms with E-state index in [4.69, 9.17) is 9.72 Å². The first-order valence-electron chi connectivity index (χ1n) is 10.8. The van der Waals surface area contributed by atoms with Gasteiger partial charge in [-0.2, -0.15) is 0 Å². The minimum absolute atomic E-state index is 0.216. The molecule has 0 fully saturated rings. The number of anilines is 1. The fraction of sp³-hybridized carbons (Fsp3) is 0.0345. The lowest BCUT2D eigenvalue weighted by molar-refractivity contribution is 0.102. The molecule has 0 atom stereocenters. The molecule has 0 radical (unpaired) electrons. The number of hydrogen-bond donors (Lipinski definition) is 1. The minimum atomic E-state index is -0.216. The van der Waals surface area contributed by atoms with Crippen molar-refractivity contribution in [2.45, 2.75) is 6.92 Å². The van der Waals surface area contributed by atoms with Gasteiger partial charge in [0.05, 0.1) is 22.5 Å². The highest BCUT2D eigenvalue weighted by atomic mass is 16.5. The van der Waals surface area contributed by atoms with E-state index in [-0.39, 0.29) is 5.91 Å². The lowest BCUT2D eigenvalue weighted by Crippen LogP contribution is -2.13. The van der Waals surface area contributed by atoms with Crippen LogP contribution in [0.1, 0.15) is 15.9 Å². The standard InChI is InChI=1S/C29H22N2O2/c1-20-10-9-11-21(18-20)27-19-24(23-14-5-6-15-25(23)30-27)29(32)31-26-16-7-8-17-28(26)33-22-12-3-2-4-13-22/h2-19H,1H3,(H,31,32). The minimum Gasteiger partial charge on any atom is -0.455 e. The maximum atomic E-state index is 13.5. The number of para-hydroxylation sites is 4. The lowest BCUT2D eigenvalue weighted by Gasteiger charge is -2.14. The highest BCUT2D eigenvalue weighted by Gasteiger charge is 2.16. The Morgan fingerprint density at radius 1 is 0.788 bits per heavy atom. The summed E-state index contributed by atoms with van der Waals surface area (Å²) in [6.45, 7) is 2.04. The quantitative estimate of drug-likeness (QED) is 0.319. The lowest BCUT2D eigenvalue weighted by atomic mass is 10.0. The summed E-state index contributed by atoms with van der Waals surface area (Å²) in [7, 11) is 0. The third kappa shape index (κ3) is 4.46. The zero-order valence-corrected chi connectivity index (χ0v) is 18.2. The van der Waals surface area contributed by atoms with E-state index in [1.165, 1.54) is 0 Å². The molecule has 5 rings (SSSR count). The predicted molar refractivity (Wildman–Crippen MR) is 133 cm³/mol. The van der Waals surface area contributed by atoms with Crippen LogP contribution in [0.25, 0.3) is 22.2 Å². The monoisotopic (exact) mass is 430 g/mol. The zero-order valence-electron chi connectivity index (χ0n) is 18.2. The van der Waals surface area contributed by atoms with Crippen LogP contribution in [0.15, 0.2) is 109 Å². The second-order valence-corrected chi connectivity index (χ2v) is 7.81. The summed E-state index contributed by atoms with van der Waals surface area (Å²) >= 11 is 0. The van der Waals surface area contributed by atoms with Gasteiger partial charge in [-0.3, -0.25) is 4.79 Å². The Morgan fingerprint density at radius 3 is 2.39 bits per heavy atom. The molecule has 4 nitrogen and oxygen atoms in total. The van der Waals surface area contributed by atoms with Gasteiger partial charge in [0, 0.05) is 10.9 Å². The van der Waals surface area contributed by atoms with E-state index >= 15 is 0 Å². The van der Waals surface area contributed by atoms with Gasteiger partial charge in [0.2, 0.25) is 0 Å². The van der Waals surface area contributed by atoms with Gasteiger partial charge in [0.25, 0.3) is 5.91 Å². The maximum Gasteiger partial charge on any atom is 0.256 e. The molecule has 0 saturated carbocycles. The van der Waals surface area contributed by atoms with Gasteiger partial charge in [-0.15, -0.1) is 0 Å². The molecule has 4 heteroatoms. The van der Waals surface area contributed by atoms with Gasteiger partial charge >= 0.3 is 0 Å². The molecule has 1 N–H and O–H groups in total. The third-order valence-electron chi connectivity index (χ3n) is 5.38. The van der Waals surface area contributed by atoms with Gasteiger partial charge in [0.15, 0.2) is 5.75 Å². The number of fused-ring (bicyclic) bond motifs is 1. The molecule has 1 heterocycles. The van der Waals surface area contributed by atoms with E-state index in [1.807, 2.05) is 110 Å². The number of pyridine rings is 1. The summed E-state index contributed by atoms with van der Waals surface area (Å²) < 4.78 is 6.01. The molecule has 33 heavy (non-hydrogen) atoms. The van der Waals surface area contributed by atoms with Crippen LogP contribution in [0.4, 0.5) is 5.69 Å². The van der Waals surface area contributed by atoms with Crippen molar-refractivity contribution in [2.24, 2.45) is 0 Å². The molecule has 0 aliphatic heterocycles. The normalized spacial score (nSPS) is 10.7. The molecule has 0 aliphatic carbocycles. The van der Waals surface area contributed by atoms with Gasteiger partial charge in [0.1, 0.15) is 5.75 Å². The van der Waals surface area contributed by atoms with Crippen molar-refractivity contribution in [3.05, 3.63) is 120 Å². The van der Waals surface area contributed by atoms with Gasteiger partial charge in [-0.25, -0.2) is 4.98 Å². The first-order chi connectivity index (χ1) is 16.2. The molecule has 5 aromatic rings. The number of aromatic nitrogens is 1. The summed E-state index contributed by atoms with van der Waals surface area (Å²) in [5.41, 5.74) is 4.81. The molecule has 0 unspecified atom stereocenters. The Morgan fingerprint density at radius 2 is 1.55 bits per heavy atom. The molecule has 1 amide bonds. The van der Waals surface area contributed by atoms with Crippen LogP contribution in [-0.4, -0.2) is 10.9 Å². The SMILES string of the molecule is Cc1cccc(-c2cc(C(=O)Nc3ccccc3Oc3ccccc3)c3ccccc3n2)c1. The topological polar surface area (TPSA) is 51.2 Å². The van der Waals surface area contributed by atoms with Gasteiger partial charge < -0.3 is 10.1 Å². The number of benzene rings is 4. The molecule has 0 aliphatic rings. The van der Waals surface area contributed by atoms with Crippen LogP contribution in [0.3, 0.4) is 0 Å². The smallest absolute Gasteiger partial charge is 0.256 e. The number of ether oxygens (including phenoxy) is 1. The Kier molecular flexibility index (Phi) is 5.56. The first kappa shape index (κ1) is 20.5. The fourth-order valence-electron chi connectivity index (χ4n) is 3.78. The van der Waals surface area contributed by atoms with E-state index in [0.29, 0.717) is 22.7 Å². The van der Waals surface area contributed by atoms with E-state index < -0.39 is 0 Å². The summed E-state index contributed by atoms with van der Waals surface area (Å²) in [4.78, 5) is 18.3. The van der Waals surface area contributed by atoms with E-state index in [2.05, 4.69) is 11.4 Å². The average molecular weight is 431 g/mol. The molecule has 1 aromatic heterocycles. The van der Waals surface area contributed by atoms with Crippen molar-refractivity contribution < 1.29 is 9.53 Å². The predicted octanol–water partition coefficient (Wildman–Crippen LogP) is 7.25. The number of amides is 1. The van der Waals surface area contributed by atoms with Crippen molar-refractivity contribution >= 4 is 22.5 Å². The molecule has 0 saturated heterocycles. The number of carbonyl (C=O) groups excluding carboxylic acids is 1. The van der Waals surface area contributed by atoms with Crippen molar-refractivity contribution in [2.75, 3.05) is 5.32 Å². The number of nitrogens with zero attached hydrogens (tertiary/aromatic N) is 1. The summed E-state index contributed by atoms with van der Waals surface area (Å²) in [5, 5.41) is 3.84.